The van der Waals surface area contributed by atoms with Crippen molar-refractivity contribution in [1.29, 1.82) is 0 Å². The topological polar surface area (TPSA) is 92.2 Å². The maximum atomic E-state index is 11.6. The zero-order valence-corrected chi connectivity index (χ0v) is 10.0. The van der Waals surface area contributed by atoms with E-state index in [1.54, 1.807) is 11.7 Å². The van der Waals surface area contributed by atoms with Gasteiger partial charge in [0.1, 0.15) is 0 Å². The van der Waals surface area contributed by atoms with Crippen LogP contribution in [0.1, 0.15) is 25.2 Å². The van der Waals surface area contributed by atoms with E-state index in [1.807, 2.05) is 0 Å². The predicted octanol–water partition coefficient (Wildman–Crippen LogP) is 1.23. The molecule has 0 saturated heterocycles. The van der Waals surface area contributed by atoms with E-state index in [4.69, 9.17) is 5.11 Å². The van der Waals surface area contributed by atoms with Gasteiger partial charge in [0.25, 0.3) is 5.91 Å². The molecule has 2 aromatic heterocycles. The van der Waals surface area contributed by atoms with Gasteiger partial charge in [0.15, 0.2) is 10.7 Å². The number of aromatic carboxylic acids is 1. The van der Waals surface area contributed by atoms with Gasteiger partial charge in [-0.15, -0.1) is 22.7 Å². The Morgan fingerprint density at radius 3 is 2.82 bits per heavy atom. The molecule has 0 spiro atoms. The highest BCUT2D eigenvalue weighted by molar-refractivity contribution is 7.12. The van der Waals surface area contributed by atoms with E-state index in [-0.39, 0.29) is 16.6 Å². The first-order valence-electron chi connectivity index (χ1n) is 4.51. The number of carbonyl (C=O) groups excluding carboxylic acids is 1. The SMILES string of the molecule is O=C(O)c1csc(C(=O)NCc2cncs2)n1. The van der Waals surface area contributed by atoms with Crippen molar-refractivity contribution in [3.63, 3.8) is 0 Å². The van der Waals surface area contributed by atoms with E-state index in [0.29, 0.717) is 6.54 Å². The van der Waals surface area contributed by atoms with E-state index >= 15 is 0 Å². The molecular formula is C9H7N3O3S2. The summed E-state index contributed by atoms with van der Waals surface area (Å²) in [6.45, 7) is 0.367. The summed E-state index contributed by atoms with van der Waals surface area (Å²) in [6, 6.07) is 0. The van der Waals surface area contributed by atoms with Gasteiger partial charge in [-0.2, -0.15) is 0 Å². The Balaban J connectivity index is 1.97. The molecule has 2 N–H and O–H groups in total. The van der Waals surface area contributed by atoms with Gasteiger partial charge in [0.05, 0.1) is 12.1 Å². The average Bonchev–Trinajstić information content (AvgIpc) is 2.96. The third-order valence-corrected chi connectivity index (χ3v) is 3.44. The van der Waals surface area contributed by atoms with Gasteiger partial charge in [-0.25, -0.2) is 9.78 Å². The molecule has 0 aliphatic carbocycles. The zero-order chi connectivity index (χ0) is 12.3. The number of hydrogen-bond donors (Lipinski definition) is 2. The lowest BCUT2D eigenvalue weighted by Crippen LogP contribution is -2.22. The first-order valence-corrected chi connectivity index (χ1v) is 6.27. The maximum absolute atomic E-state index is 11.6. The van der Waals surface area contributed by atoms with Crippen LogP contribution < -0.4 is 5.32 Å². The Morgan fingerprint density at radius 1 is 1.41 bits per heavy atom. The smallest absolute Gasteiger partial charge is 0.355 e. The molecule has 8 heteroatoms. The van der Waals surface area contributed by atoms with Crippen LogP contribution in [0.3, 0.4) is 0 Å². The second-order valence-electron chi connectivity index (χ2n) is 2.99. The average molecular weight is 269 g/mol. The number of nitrogens with one attached hydrogen (secondary N) is 1. The maximum Gasteiger partial charge on any atom is 0.355 e. The highest BCUT2D eigenvalue weighted by Gasteiger charge is 2.14. The fraction of sp³-hybridized carbons (Fsp3) is 0.111. The molecule has 0 unspecified atom stereocenters. The molecule has 0 fully saturated rings. The third kappa shape index (κ3) is 2.86. The standard InChI is InChI=1S/C9H7N3O3S2/c13-7(11-2-5-1-10-4-17-5)8-12-6(3-16-8)9(14)15/h1,3-4H,2H2,(H,11,13)(H,14,15). The van der Waals surface area contributed by atoms with E-state index in [0.717, 1.165) is 16.2 Å². The van der Waals surface area contributed by atoms with E-state index in [1.165, 1.54) is 16.7 Å². The van der Waals surface area contributed by atoms with Crippen LogP contribution in [0.25, 0.3) is 0 Å². The largest absolute Gasteiger partial charge is 0.476 e. The van der Waals surface area contributed by atoms with Gasteiger partial charge in [0, 0.05) is 16.5 Å². The zero-order valence-electron chi connectivity index (χ0n) is 8.41. The molecule has 88 valence electrons. The minimum Gasteiger partial charge on any atom is -0.476 e. The van der Waals surface area contributed by atoms with Crippen molar-refractivity contribution >= 4 is 34.6 Å². The van der Waals surface area contributed by atoms with Crippen molar-refractivity contribution in [3.8, 4) is 0 Å². The number of nitrogens with zero attached hydrogens (tertiary/aromatic N) is 2. The monoisotopic (exact) mass is 269 g/mol. The van der Waals surface area contributed by atoms with E-state index < -0.39 is 5.97 Å². The molecule has 6 nitrogen and oxygen atoms in total. The number of rotatable bonds is 4. The van der Waals surface area contributed by atoms with Gasteiger partial charge < -0.3 is 10.4 Å². The van der Waals surface area contributed by atoms with Crippen LogP contribution in [-0.2, 0) is 6.54 Å². The second kappa shape index (κ2) is 5.02. The first kappa shape index (κ1) is 11.7. The van der Waals surface area contributed by atoms with Crippen molar-refractivity contribution in [2.24, 2.45) is 0 Å². The van der Waals surface area contributed by atoms with Gasteiger partial charge in [-0.3, -0.25) is 9.78 Å². The highest BCUT2D eigenvalue weighted by atomic mass is 32.1. The van der Waals surface area contributed by atoms with Gasteiger partial charge in [-0.1, -0.05) is 0 Å². The summed E-state index contributed by atoms with van der Waals surface area (Å²) >= 11 is 2.44. The molecule has 2 aromatic rings. The first-order chi connectivity index (χ1) is 8.16. The Morgan fingerprint density at radius 2 is 2.24 bits per heavy atom. The normalized spacial score (nSPS) is 10.1. The number of carboxylic acid groups (broad SMARTS) is 1. The quantitative estimate of drug-likeness (QED) is 0.870. The molecule has 17 heavy (non-hydrogen) atoms. The molecular weight excluding hydrogens is 262 g/mol. The molecule has 0 saturated carbocycles. The second-order valence-corrected chi connectivity index (χ2v) is 4.82. The van der Waals surface area contributed by atoms with E-state index in [2.05, 4.69) is 15.3 Å². The Hall–Kier alpha value is -1.80. The molecule has 0 radical (unpaired) electrons. The number of carboxylic acids is 1. The Bertz CT molecular complexity index is 535. The minimum atomic E-state index is -1.14. The molecule has 2 heterocycles. The Kier molecular flexibility index (Phi) is 3.45. The van der Waals surface area contributed by atoms with Crippen LogP contribution in [-0.4, -0.2) is 27.0 Å². The van der Waals surface area contributed by atoms with Crippen molar-refractivity contribution in [2.75, 3.05) is 0 Å². The van der Waals surface area contributed by atoms with E-state index in [9.17, 15) is 9.59 Å². The summed E-state index contributed by atoms with van der Waals surface area (Å²) in [5.74, 6) is -1.52. The summed E-state index contributed by atoms with van der Waals surface area (Å²) in [4.78, 5) is 30.7. The molecule has 1 amide bonds. The number of amides is 1. The fourth-order valence-electron chi connectivity index (χ4n) is 1.05. The van der Waals surface area contributed by atoms with Gasteiger partial charge in [0.2, 0.25) is 0 Å². The van der Waals surface area contributed by atoms with Crippen molar-refractivity contribution in [1.82, 2.24) is 15.3 Å². The number of thiazole rings is 2. The lowest BCUT2D eigenvalue weighted by molar-refractivity contribution is 0.0691. The summed E-state index contributed by atoms with van der Waals surface area (Å²) in [5, 5.41) is 12.8. The lowest BCUT2D eigenvalue weighted by Gasteiger charge is -1.99. The molecule has 0 bridgehead atoms. The van der Waals surface area contributed by atoms with Crippen LogP contribution in [0.15, 0.2) is 17.1 Å². The summed E-state index contributed by atoms with van der Waals surface area (Å²) in [5.41, 5.74) is 1.56. The fourth-order valence-corrected chi connectivity index (χ4v) is 2.29. The molecule has 0 aliphatic rings. The number of carbonyl (C=O) groups is 2. The van der Waals surface area contributed by atoms with Crippen molar-refractivity contribution in [2.45, 2.75) is 6.54 Å². The van der Waals surface area contributed by atoms with Crippen LogP contribution in [0.4, 0.5) is 0 Å². The molecule has 2 rings (SSSR count). The Labute approximate surface area is 104 Å². The number of aromatic nitrogens is 2. The summed E-state index contributed by atoms with van der Waals surface area (Å²) in [7, 11) is 0. The van der Waals surface area contributed by atoms with Crippen LogP contribution in [0.2, 0.25) is 0 Å². The summed E-state index contributed by atoms with van der Waals surface area (Å²) < 4.78 is 0. The molecule has 0 aromatic carbocycles. The minimum absolute atomic E-state index is 0.113. The molecule has 0 atom stereocenters. The van der Waals surface area contributed by atoms with Gasteiger partial charge in [-0.05, 0) is 0 Å². The summed E-state index contributed by atoms with van der Waals surface area (Å²) in [6.07, 6.45) is 1.66. The number of hydrogen-bond acceptors (Lipinski definition) is 6. The van der Waals surface area contributed by atoms with Gasteiger partial charge >= 0.3 is 5.97 Å². The predicted molar refractivity (Wildman–Crippen MR) is 62.4 cm³/mol. The van der Waals surface area contributed by atoms with Crippen molar-refractivity contribution in [3.05, 3.63) is 32.7 Å². The van der Waals surface area contributed by atoms with Crippen LogP contribution in [0, 0.1) is 0 Å². The lowest BCUT2D eigenvalue weighted by atomic mass is 10.5. The van der Waals surface area contributed by atoms with Crippen LogP contribution >= 0.6 is 22.7 Å². The van der Waals surface area contributed by atoms with Crippen LogP contribution in [0.5, 0.6) is 0 Å². The third-order valence-electron chi connectivity index (χ3n) is 1.82. The highest BCUT2D eigenvalue weighted by Crippen LogP contribution is 2.10. The molecule has 0 aliphatic heterocycles. The van der Waals surface area contributed by atoms with Crippen molar-refractivity contribution < 1.29 is 14.7 Å².